The number of aliphatic hydroxyl groups is 1. The zero-order chi connectivity index (χ0) is 12.9. The lowest BCUT2D eigenvalue weighted by molar-refractivity contribution is 0.0944. The number of rotatable bonds is 5. The van der Waals surface area contributed by atoms with Gasteiger partial charge in [0.25, 0.3) is 5.91 Å². The van der Waals surface area contributed by atoms with Crippen LogP contribution in [-0.2, 0) is 10.0 Å². The molecule has 6 nitrogen and oxygen atoms in total. The minimum atomic E-state index is -3.75. The van der Waals surface area contributed by atoms with Gasteiger partial charge in [0, 0.05) is 5.56 Å². The van der Waals surface area contributed by atoms with E-state index in [0.29, 0.717) is 5.56 Å². The van der Waals surface area contributed by atoms with E-state index >= 15 is 0 Å². The van der Waals surface area contributed by atoms with Gasteiger partial charge in [0.2, 0.25) is 10.0 Å². The maximum Gasteiger partial charge on any atom is 0.266 e. The maximum absolute atomic E-state index is 11.5. The van der Waals surface area contributed by atoms with Crippen molar-refractivity contribution in [1.82, 2.24) is 10.3 Å². The van der Waals surface area contributed by atoms with E-state index in [1.54, 1.807) is 30.3 Å². The largest absolute Gasteiger partial charge is 0.395 e. The zero-order valence-electron chi connectivity index (χ0n) is 9.25. The lowest BCUT2D eigenvalue weighted by atomic mass is 10.2. The highest BCUT2D eigenvalue weighted by atomic mass is 32.2. The Morgan fingerprint density at radius 1 is 1.35 bits per heavy atom. The Balaban J connectivity index is 2.61. The van der Waals surface area contributed by atoms with Crippen molar-refractivity contribution in [3.63, 3.8) is 0 Å². The summed E-state index contributed by atoms with van der Waals surface area (Å²) in [7, 11) is -3.75. The summed E-state index contributed by atoms with van der Waals surface area (Å²) in [4.78, 5) is 13.4. The van der Waals surface area contributed by atoms with Crippen molar-refractivity contribution >= 4 is 15.9 Å². The third-order valence-corrected chi connectivity index (χ3v) is 3.72. The molecule has 0 saturated heterocycles. The number of carbonyl (C=O) groups excluding carboxylic acids is 1. The van der Waals surface area contributed by atoms with Crippen LogP contribution < -0.4 is 10.3 Å². The smallest absolute Gasteiger partial charge is 0.266 e. The summed E-state index contributed by atoms with van der Waals surface area (Å²) in [6.45, 7) is 0.813. The van der Waals surface area contributed by atoms with E-state index in [2.05, 4.69) is 5.43 Å². The minimum Gasteiger partial charge on any atom is -0.395 e. The Bertz CT molecular complexity index is 472. The normalized spacial score (nSPS) is 13.1. The third-order valence-electron chi connectivity index (χ3n) is 2.13. The van der Waals surface area contributed by atoms with Gasteiger partial charge in [-0.3, -0.25) is 10.2 Å². The molecular formula is C10H14N2O4S. The van der Waals surface area contributed by atoms with Gasteiger partial charge in [-0.1, -0.05) is 18.2 Å². The molecule has 1 rings (SSSR count). The Morgan fingerprint density at radius 3 is 2.47 bits per heavy atom. The van der Waals surface area contributed by atoms with Gasteiger partial charge in [0.05, 0.1) is 11.9 Å². The molecule has 0 unspecified atom stereocenters. The Kier molecular flexibility index (Phi) is 4.62. The van der Waals surface area contributed by atoms with Crippen molar-refractivity contribution < 1.29 is 18.3 Å². The summed E-state index contributed by atoms with van der Waals surface area (Å²) in [6.07, 6.45) is 0. The molecule has 0 saturated carbocycles. The Morgan fingerprint density at radius 2 is 1.94 bits per heavy atom. The van der Waals surface area contributed by atoms with Crippen molar-refractivity contribution in [3.05, 3.63) is 35.9 Å². The zero-order valence-corrected chi connectivity index (χ0v) is 10.1. The Hall–Kier alpha value is -1.44. The molecule has 0 bridgehead atoms. The first kappa shape index (κ1) is 13.6. The molecule has 0 aliphatic heterocycles. The Labute approximate surface area is 99.7 Å². The lowest BCUT2D eigenvalue weighted by Gasteiger charge is -2.12. The fourth-order valence-corrected chi connectivity index (χ4v) is 1.61. The van der Waals surface area contributed by atoms with Crippen molar-refractivity contribution in [2.45, 2.75) is 12.2 Å². The predicted molar refractivity (Wildman–Crippen MR) is 62.5 cm³/mol. The van der Waals surface area contributed by atoms with Crippen molar-refractivity contribution in [2.75, 3.05) is 6.61 Å². The molecule has 1 atom stereocenters. The average molecular weight is 258 g/mol. The van der Waals surface area contributed by atoms with E-state index in [4.69, 9.17) is 5.11 Å². The molecule has 0 spiro atoms. The first-order valence-electron chi connectivity index (χ1n) is 4.94. The summed E-state index contributed by atoms with van der Waals surface area (Å²) in [5.41, 5.74) is 2.41. The molecule has 0 fully saturated rings. The second-order valence-electron chi connectivity index (χ2n) is 3.46. The summed E-state index contributed by atoms with van der Waals surface area (Å²) >= 11 is 0. The molecule has 1 amide bonds. The fraction of sp³-hybridized carbons (Fsp3) is 0.300. The summed E-state index contributed by atoms with van der Waals surface area (Å²) in [5.74, 6) is -0.556. The molecule has 94 valence electrons. The number of aliphatic hydroxyl groups excluding tert-OH is 1. The molecule has 17 heavy (non-hydrogen) atoms. The summed E-state index contributed by atoms with van der Waals surface area (Å²) in [5, 5.41) is 7.73. The van der Waals surface area contributed by atoms with E-state index in [1.165, 1.54) is 6.92 Å². The number of hydrazine groups is 1. The van der Waals surface area contributed by atoms with Gasteiger partial charge in [-0.25, -0.2) is 8.42 Å². The van der Waals surface area contributed by atoms with E-state index < -0.39 is 27.8 Å². The van der Waals surface area contributed by atoms with Crippen LogP contribution in [0.1, 0.15) is 17.3 Å². The van der Waals surface area contributed by atoms with Gasteiger partial charge in [0.1, 0.15) is 0 Å². The minimum absolute atomic E-state index is 0.340. The molecule has 1 aromatic rings. The topological polar surface area (TPSA) is 95.5 Å². The van der Waals surface area contributed by atoms with E-state index in [9.17, 15) is 13.2 Å². The van der Waals surface area contributed by atoms with Crippen LogP contribution in [0.15, 0.2) is 30.3 Å². The number of nitrogens with one attached hydrogen (secondary N) is 2. The first-order chi connectivity index (χ1) is 7.97. The van der Waals surface area contributed by atoms with Crippen LogP contribution in [-0.4, -0.2) is 31.3 Å². The van der Waals surface area contributed by atoms with Crippen LogP contribution >= 0.6 is 0 Å². The predicted octanol–water partition coefficient (Wildman–Crippen LogP) is -0.368. The second-order valence-corrected chi connectivity index (χ2v) is 5.56. The van der Waals surface area contributed by atoms with E-state index in [1.807, 2.05) is 4.83 Å². The number of benzene rings is 1. The molecule has 0 aliphatic carbocycles. The highest BCUT2D eigenvalue weighted by Crippen LogP contribution is 1.98. The average Bonchev–Trinajstić information content (AvgIpc) is 2.36. The molecule has 1 aromatic carbocycles. The van der Waals surface area contributed by atoms with E-state index in [-0.39, 0.29) is 0 Å². The monoisotopic (exact) mass is 258 g/mol. The van der Waals surface area contributed by atoms with Crippen LogP contribution in [0.5, 0.6) is 0 Å². The number of amides is 1. The SMILES string of the molecule is C[C@H](CO)S(=O)(=O)NNC(=O)c1ccccc1. The van der Waals surface area contributed by atoms with Crippen molar-refractivity contribution in [3.8, 4) is 0 Å². The number of carbonyl (C=O) groups is 1. The van der Waals surface area contributed by atoms with Gasteiger partial charge in [-0.2, -0.15) is 0 Å². The number of hydrogen-bond donors (Lipinski definition) is 3. The third kappa shape index (κ3) is 3.81. The first-order valence-corrected chi connectivity index (χ1v) is 6.49. The summed E-state index contributed by atoms with van der Waals surface area (Å²) in [6, 6.07) is 8.19. The molecular weight excluding hydrogens is 244 g/mol. The fourth-order valence-electron chi connectivity index (χ4n) is 0.978. The van der Waals surface area contributed by atoms with Gasteiger partial charge >= 0.3 is 0 Å². The lowest BCUT2D eigenvalue weighted by Crippen LogP contribution is -2.46. The van der Waals surface area contributed by atoms with Crippen LogP contribution in [0.3, 0.4) is 0 Å². The molecule has 0 radical (unpaired) electrons. The molecule has 0 heterocycles. The van der Waals surface area contributed by atoms with Crippen LogP contribution in [0.2, 0.25) is 0 Å². The molecule has 7 heteroatoms. The molecule has 0 aliphatic rings. The van der Waals surface area contributed by atoms with Crippen LogP contribution in [0.25, 0.3) is 0 Å². The van der Waals surface area contributed by atoms with Gasteiger partial charge in [0.15, 0.2) is 0 Å². The van der Waals surface area contributed by atoms with Gasteiger partial charge in [-0.05, 0) is 19.1 Å². The second kappa shape index (κ2) is 5.76. The summed E-state index contributed by atoms with van der Waals surface area (Å²) < 4.78 is 22.8. The highest BCUT2D eigenvalue weighted by Gasteiger charge is 2.20. The quantitative estimate of drug-likeness (QED) is 0.628. The van der Waals surface area contributed by atoms with Crippen molar-refractivity contribution in [1.29, 1.82) is 0 Å². The van der Waals surface area contributed by atoms with Crippen molar-refractivity contribution in [2.24, 2.45) is 0 Å². The van der Waals surface area contributed by atoms with Gasteiger partial charge in [-0.15, -0.1) is 4.83 Å². The van der Waals surface area contributed by atoms with Crippen LogP contribution in [0.4, 0.5) is 0 Å². The number of sulfonamides is 1. The number of hydrogen-bond acceptors (Lipinski definition) is 4. The van der Waals surface area contributed by atoms with Crippen LogP contribution in [0, 0.1) is 0 Å². The van der Waals surface area contributed by atoms with Gasteiger partial charge < -0.3 is 5.11 Å². The molecule has 0 aromatic heterocycles. The van der Waals surface area contributed by atoms with E-state index in [0.717, 1.165) is 0 Å². The molecule has 3 N–H and O–H groups in total. The standard InChI is InChI=1S/C10H14N2O4S/c1-8(7-13)17(15,16)12-11-10(14)9-5-3-2-4-6-9/h2-6,8,12-13H,7H2,1H3,(H,11,14)/t8-/m1/s1. The highest BCUT2D eigenvalue weighted by molar-refractivity contribution is 7.90. The maximum atomic E-state index is 11.5.